The number of hydrogen-bond donors (Lipinski definition) is 0. The Morgan fingerprint density at radius 1 is 1.09 bits per heavy atom. The van der Waals surface area contributed by atoms with Gasteiger partial charge in [0.15, 0.2) is 6.61 Å². The van der Waals surface area contributed by atoms with E-state index in [0.29, 0.717) is 22.5 Å². The molecular formula is C17H15ClN2O3. The number of aryl methyl sites for hydroxylation is 1. The molecule has 3 rings (SSSR count). The minimum absolute atomic E-state index is 0.223. The minimum Gasteiger partial charge on any atom is -0.497 e. The molecule has 0 spiro atoms. The molecule has 0 aliphatic rings. The van der Waals surface area contributed by atoms with Crippen molar-refractivity contribution in [3.05, 3.63) is 58.9 Å². The zero-order valence-corrected chi connectivity index (χ0v) is 13.5. The smallest absolute Gasteiger partial charge is 0.258 e. The Bertz CT molecular complexity index is 800. The number of benzene rings is 2. The fourth-order valence-corrected chi connectivity index (χ4v) is 2.14. The van der Waals surface area contributed by atoms with Gasteiger partial charge in [-0.3, -0.25) is 0 Å². The molecule has 0 unspecified atom stereocenters. The first-order valence-corrected chi connectivity index (χ1v) is 7.39. The van der Waals surface area contributed by atoms with Crippen molar-refractivity contribution >= 4 is 11.6 Å². The summed E-state index contributed by atoms with van der Waals surface area (Å²) in [6.07, 6.45) is 0. The van der Waals surface area contributed by atoms with Gasteiger partial charge in [-0.1, -0.05) is 16.8 Å². The topological polar surface area (TPSA) is 57.4 Å². The molecule has 1 heterocycles. The van der Waals surface area contributed by atoms with Crippen molar-refractivity contribution in [3.63, 3.8) is 0 Å². The molecule has 0 bridgehead atoms. The van der Waals surface area contributed by atoms with E-state index in [2.05, 4.69) is 10.1 Å². The quantitative estimate of drug-likeness (QED) is 0.698. The SMILES string of the molecule is COc1ccc(-c2nc(COc3ccc(Cl)c(C)c3)no2)cc1. The number of rotatable bonds is 5. The fraction of sp³-hybridized carbons (Fsp3) is 0.176. The monoisotopic (exact) mass is 330 g/mol. The van der Waals surface area contributed by atoms with Gasteiger partial charge in [-0.15, -0.1) is 0 Å². The van der Waals surface area contributed by atoms with Crippen molar-refractivity contribution in [3.8, 4) is 23.0 Å². The number of halogens is 1. The predicted molar refractivity (Wildman–Crippen MR) is 86.8 cm³/mol. The Hall–Kier alpha value is -2.53. The van der Waals surface area contributed by atoms with Crippen LogP contribution in [-0.2, 0) is 6.61 Å². The van der Waals surface area contributed by atoms with E-state index in [1.807, 2.05) is 37.3 Å². The van der Waals surface area contributed by atoms with Crippen LogP contribution in [0, 0.1) is 6.92 Å². The maximum Gasteiger partial charge on any atom is 0.258 e. The molecule has 0 fully saturated rings. The normalized spacial score (nSPS) is 10.6. The highest BCUT2D eigenvalue weighted by molar-refractivity contribution is 6.31. The summed E-state index contributed by atoms with van der Waals surface area (Å²) in [4.78, 5) is 4.32. The van der Waals surface area contributed by atoms with Crippen molar-refractivity contribution in [1.29, 1.82) is 0 Å². The Morgan fingerprint density at radius 3 is 2.52 bits per heavy atom. The summed E-state index contributed by atoms with van der Waals surface area (Å²) in [6.45, 7) is 2.14. The molecular weight excluding hydrogens is 316 g/mol. The molecule has 0 amide bonds. The molecule has 0 aliphatic heterocycles. The van der Waals surface area contributed by atoms with E-state index in [-0.39, 0.29) is 6.61 Å². The second kappa shape index (κ2) is 6.71. The van der Waals surface area contributed by atoms with Gasteiger partial charge < -0.3 is 14.0 Å². The molecule has 1 aromatic heterocycles. The van der Waals surface area contributed by atoms with Crippen LogP contribution in [0.25, 0.3) is 11.5 Å². The van der Waals surface area contributed by atoms with Gasteiger partial charge in [-0.2, -0.15) is 4.98 Å². The summed E-state index contributed by atoms with van der Waals surface area (Å²) >= 11 is 5.99. The average Bonchev–Trinajstić information content (AvgIpc) is 3.05. The molecule has 118 valence electrons. The molecule has 0 saturated carbocycles. The fourth-order valence-electron chi connectivity index (χ4n) is 2.02. The van der Waals surface area contributed by atoms with Gasteiger partial charge >= 0.3 is 0 Å². The molecule has 23 heavy (non-hydrogen) atoms. The van der Waals surface area contributed by atoms with Crippen LogP contribution in [0.15, 0.2) is 47.0 Å². The first-order chi connectivity index (χ1) is 11.2. The van der Waals surface area contributed by atoms with Crippen LogP contribution < -0.4 is 9.47 Å². The average molecular weight is 331 g/mol. The summed E-state index contributed by atoms with van der Waals surface area (Å²) in [7, 11) is 1.62. The van der Waals surface area contributed by atoms with E-state index in [0.717, 1.165) is 16.9 Å². The number of methoxy groups -OCH3 is 1. The van der Waals surface area contributed by atoms with Crippen LogP contribution in [0.4, 0.5) is 0 Å². The first kappa shape index (κ1) is 15.4. The standard InChI is InChI=1S/C17H15ClN2O3/c1-11-9-14(7-8-15(11)18)22-10-16-19-17(23-20-16)12-3-5-13(21-2)6-4-12/h3-9H,10H2,1-2H3. The molecule has 3 aromatic rings. The lowest BCUT2D eigenvalue weighted by atomic mass is 10.2. The van der Waals surface area contributed by atoms with E-state index in [9.17, 15) is 0 Å². The third-order valence-corrected chi connectivity index (χ3v) is 3.73. The lowest BCUT2D eigenvalue weighted by Crippen LogP contribution is -1.97. The van der Waals surface area contributed by atoms with Gasteiger partial charge in [0.1, 0.15) is 11.5 Å². The number of hydrogen-bond acceptors (Lipinski definition) is 5. The zero-order chi connectivity index (χ0) is 16.2. The van der Waals surface area contributed by atoms with Crippen molar-refractivity contribution in [2.45, 2.75) is 13.5 Å². The molecule has 0 aliphatic carbocycles. The highest BCUT2D eigenvalue weighted by Crippen LogP contribution is 2.23. The highest BCUT2D eigenvalue weighted by atomic mass is 35.5. The van der Waals surface area contributed by atoms with E-state index >= 15 is 0 Å². The third kappa shape index (κ3) is 3.63. The van der Waals surface area contributed by atoms with Crippen molar-refractivity contribution in [1.82, 2.24) is 10.1 Å². The molecule has 2 aromatic carbocycles. The highest BCUT2D eigenvalue weighted by Gasteiger charge is 2.10. The molecule has 0 radical (unpaired) electrons. The molecule has 5 nitrogen and oxygen atoms in total. The van der Waals surface area contributed by atoms with Crippen LogP contribution in [0.5, 0.6) is 11.5 Å². The largest absolute Gasteiger partial charge is 0.497 e. The van der Waals surface area contributed by atoms with Crippen molar-refractivity contribution in [2.75, 3.05) is 7.11 Å². The lowest BCUT2D eigenvalue weighted by molar-refractivity contribution is 0.287. The summed E-state index contributed by atoms with van der Waals surface area (Å²) in [5, 5.41) is 4.63. The summed E-state index contributed by atoms with van der Waals surface area (Å²) in [5.41, 5.74) is 1.78. The Kier molecular flexibility index (Phi) is 4.48. The molecule has 6 heteroatoms. The van der Waals surface area contributed by atoms with Gasteiger partial charge in [0.2, 0.25) is 5.82 Å². The molecule has 0 saturated heterocycles. The van der Waals surface area contributed by atoms with Gasteiger partial charge in [0.25, 0.3) is 5.89 Å². The summed E-state index contributed by atoms with van der Waals surface area (Å²) in [5.74, 6) is 2.40. The van der Waals surface area contributed by atoms with E-state index < -0.39 is 0 Å². The first-order valence-electron chi connectivity index (χ1n) is 7.01. The molecule has 0 N–H and O–H groups in total. The number of aromatic nitrogens is 2. The van der Waals surface area contributed by atoms with Gasteiger partial charge in [0, 0.05) is 10.6 Å². The second-order valence-corrected chi connectivity index (χ2v) is 5.35. The molecule has 0 atom stereocenters. The number of nitrogens with zero attached hydrogens (tertiary/aromatic N) is 2. The minimum atomic E-state index is 0.223. The van der Waals surface area contributed by atoms with E-state index in [1.165, 1.54) is 0 Å². The van der Waals surface area contributed by atoms with Gasteiger partial charge in [0.05, 0.1) is 7.11 Å². The van der Waals surface area contributed by atoms with Crippen LogP contribution in [0.2, 0.25) is 5.02 Å². The zero-order valence-electron chi connectivity index (χ0n) is 12.7. The summed E-state index contributed by atoms with van der Waals surface area (Å²) in [6, 6.07) is 12.9. The predicted octanol–water partition coefficient (Wildman–Crippen LogP) is 4.29. The van der Waals surface area contributed by atoms with Crippen LogP contribution in [-0.4, -0.2) is 17.3 Å². The van der Waals surface area contributed by atoms with Crippen LogP contribution in [0.1, 0.15) is 11.4 Å². The summed E-state index contributed by atoms with van der Waals surface area (Å²) < 4.78 is 16.0. The Balaban J connectivity index is 1.67. The maximum atomic E-state index is 5.99. The number of ether oxygens (including phenoxy) is 2. The van der Waals surface area contributed by atoms with Crippen LogP contribution >= 0.6 is 11.6 Å². The van der Waals surface area contributed by atoms with E-state index in [1.54, 1.807) is 19.2 Å². The third-order valence-electron chi connectivity index (χ3n) is 3.30. The van der Waals surface area contributed by atoms with Crippen molar-refractivity contribution in [2.24, 2.45) is 0 Å². The van der Waals surface area contributed by atoms with E-state index in [4.69, 9.17) is 25.6 Å². The van der Waals surface area contributed by atoms with Gasteiger partial charge in [-0.25, -0.2) is 0 Å². The van der Waals surface area contributed by atoms with Crippen LogP contribution in [0.3, 0.4) is 0 Å². The van der Waals surface area contributed by atoms with Crippen molar-refractivity contribution < 1.29 is 14.0 Å². The Labute approximate surface area is 138 Å². The Morgan fingerprint density at radius 2 is 1.83 bits per heavy atom. The maximum absolute atomic E-state index is 5.99. The lowest BCUT2D eigenvalue weighted by Gasteiger charge is -2.05. The van der Waals surface area contributed by atoms with Gasteiger partial charge in [-0.05, 0) is 55.0 Å². The second-order valence-electron chi connectivity index (χ2n) is 4.94.